The Kier molecular flexibility index (Phi) is 7.10. The van der Waals surface area contributed by atoms with Crippen LogP contribution in [0.2, 0.25) is 0 Å². The van der Waals surface area contributed by atoms with Crippen LogP contribution in [0.4, 0.5) is 13.2 Å². The van der Waals surface area contributed by atoms with Gasteiger partial charge in [-0.25, -0.2) is 0 Å². The van der Waals surface area contributed by atoms with Crippen LogP contribution in [0.25, 0.3) is 0 Å². The van der Waals surface area contributed by atoms with E-state index < -0.39 is 32.4 Å². The van der Waals surface area contributed by atoms with E-state index in [9.17, 15) is 18.0 Å². The molecule has 0 aliphatic carbocycles. The zero-order chi connectivity index (χ0) is 18.3. The minimum atomic E-state index is -5.01. The van der Waals surface area contributed by atoms with Gasteiger partial charge in [-0.05, 0) is 0 Å². The Labute approximate surface area is 152 Å². The van der Waals surface area contributed by atoms with E-state index in [1.54, 1.807) is 54.6 Å². The fraction of sp³-hybridized carbons (Fsp3) is 0.278. The topological polar surface area (TPSA) is 35.5 Å². The second kappa shape index (κ2) is 9.07. The van der Waals surface area contributed by atoms with Crippen LogP contribution in [-0.2, 0) is 7.86 Å². The van der Waals surface area contributed by atoms with E-state index in [4.69, 9.17) is 7.80 Å². The van der Waals surface area contributed by atoms with Gasteiger partial charge in [0.05, 0.1) is 0 Å². The Balaban J connectivity index is 2.22. The second-order valence-electron chi connectivity index (χ2n) is 5.06. The molecule has 0 saturated carbocycles. The van der Waals surface area contributed by atoms with Crippen LogP contribution >= 0.6 is 20.2 Å². The molecule has 0 radical (unpaired) electrons. The molecule has 2 rings (SSSR count). The van der Waals surface area contributed by atoms with Gasteiger partial charge in [-0.15, -0.1) is 0 Å². The first-order chi connectivity index (χ1) is 11.9. The van der Waals surface area contributed by atoms with E-state index in [0.29, 0.717) is 19.5 Å². The SMILES string of the molecule is CCCCOc1ccc(I(OC(=O)C(F)(F)F)c2ccccc2)cc1. The van der Waals surface area contributed by atoms with Gasteiger partial charge in [0.2, 0.25) is 0 Å². The summed E-state index contributed by atoms with van der Waals surface area (Å²) in [5.41, 5.74) is 0. The first kappa shape index (κ1) is 19.6. The van der Waals surface area contributed by atoms with Crippen molar-refractivity contribution in [1.29, 1.82) is 0 Å². The summed E-state index contributed by atoms with van der Waals surface area (Å²) in [7, 11) is 0. The molecule has 25 heavy (non-hydrogen) atoms. The van der Waals surface area contributed by atoms with Crippen LogP contribution in [0.5, 0.6) is 5.75 Å². The molecule has 0 unspecified atom stereocenters. The first-order valence-corrected chi connectivity index (χ1v) is 10.7. The molecule has 0 heterocycles. The molecular formula is C18H18F3IO3. The summed E-state index contributed by atoms with van der Waals surface area (Å²) < 4.78 is 49.5. The zero-order valence-electron chi connectivity index (χ0n) is 13.6. The molecule has 0 aliphatic rings. The summed E-state index contributed by atoms with van der Waals surface area (Å²) in [6.07, 6.45) is -3.07. The van der Waals surface area contributed by atoms with E-state index in [0.717, 1.165) is 12.8 Å². The standard InChI is InChI=1S/C18H18F3IO3/c1-2-3-13-24-16-11-9-15(10-12-16)22(14-7-5-4-6-8-14)25-17(23)18(19,20)21/h4-12H,2-3,13H2,1H3. The predicted octanol–water partition coefficient (Wildman–Crippen LogP) is 5.43. The number of benzene rings is 2. The summed E-state index contributed by atoms with van der Waals surface area (Å²) in [5, 5.41) is 0. The van der Waals surface area contributed by atoms with Gasteiger partial charge in [0.1, 0.15) is 0 Å². The first-order valence-electron chi connectivity index (χ1n) is 7.69. The van der Waals surface area contributed by atoms with E-state index in [1.807, 2.05) is 0 Å². The quantitative estimate of drug-likeness (QED) is 0.403. The predicted molar refractivity (Wildman–Crippen MR) is 96.8 cm³/mol. The van der Waals surface area contributed by atoms with Gasteiger partial charge in [-0.1, -0.05) is 0 Å². The Morgan fingerprint density at radius 1 is 1.00 bits per heavy atom. The maximum absolute atomic E-state index is 12.6. The number of alkyl halides is 3. The second-order valence-corrected chi connectivity index (χ2v) is 9.41. The molecule has 2 aromatic rings. The van der Waals surface area contributed by atoms with Crippen molar-refractivity contribution < 1.29 is 25.8 Å². The van der Waals surface area contributed by atoms with Gasteiger partial charge in [0.15, 0.2) is 0 Å². The van der Waals surface area contributed by atoms with Crippen molar-refractivity contribution in [3.8, 4) is 5.75 Å². The zero-order valence-corrected chi connectivity index (χ0v) is 15.7. The molecule has 0 amide bonds. The van der Waals surface area contributed by atoms with Gasteiger partial charge >= 0.3 is 152 Å². The summed E-state index contributed by atoms with van der Waals surface area (Å²) in [4.78, 5) is 11.3. The van der Waals surface area contributed by atoms with Gasteiger partial charge in [0.25, 0.3) is 0 Å². The molecule has 0 saturated heterocycles. The molecule has 0 spiro atoms. The number of rotatable bonds is 7. The van der Waals surface area contributed by atoms with Crippen molar-refractivity contribution in [2.24, 2.45) is 0 Å². The monoisotopic (exact) mass is 466 g/mol. The van der Waals surface area contributed by atoms with Crippen molar-refractivity contribution in [3.05, 3.63) is 61.7 Å². The molecule has 0 N–H and O–H groups in total. The molecular weight excluding hydrogens is 448 g/mol. The molecule has 0 aromatic heterocycles. The van der Waals surface area contributed by atoms with E-state index >= 15 is 0 Å². The number of hydrogen-bond acceptors (Lipinski definition) is 3. The van der Waals surface area contributed by atoms with E-state index in [-0.39, 0.29) is 0 Å². The van der Waals surface area contributed by atoms with Gasteiger partial charge in [-0.2, -0.15) is 0 Å². The van der Waals surface area contributed by atoms with Crippen LogP contribution in [-0.4, -0.2) is 18.8 Å². The average molecular weight is 466 g/mol. The fourth-order valence-electron chi connectivity index (χ4n) is 1.84. The van der Waals surface area contributed by atoms with Crippen LogP contribution in [0.3, 0.4) is 0 Å². The summed E-state index contributed by atoms with van der Waals surface area (Å²) in [6, 6.07) is 15.3. The Hall–Kier alpha value is -1.77. The van der Waals surface area contributed by atoms with Gasteiger partial charge in [-0.3, -0.25) is 0 Å². The van der Waals surface area contributed by atoms with Crippen molar-refractivity contribution in [2.45, 2.75) is 25.9 Å². The molecule has 0 aliphatic heterocycles. The Morgan fingerprint density at radius 2 is 1.60 bits per heavy atom. The Morgan fingerprint density at radius 3 is 2.16 bits per heavy atom. The summed E-state index contributed by atoms with van der Waals surface area (Å²) >= 11 is -3.00. The van der Waals surface area contributed by atoms with Crippen LogP contribution < -0.4 is 4.74 Å². The number of carbonyl (C=O) groups is 1. The average Bonchev–Trinajstić information content (AvgIpc) is 2.60. The maximum atomic E-state index is 12.6. The third-order valence-corrected chi connectivity index (χ3v) is 7.63. The normalized spacial score (nSPS) is 11.8. The molecule has 3 nitrogen and oxygen atoms in total. The minimum absolute atomic E-state index is 0.583. The van der Waals surface area contributed by atoms with E-state index in [1.165, 1.54) is 0 Å². The number of unbranched alkanes of at least 4 members (excludes halogenated alkanes) is 1. The summed E-state index contributed by atoms with van der Waals surface area (Å²) in [6.45, 7) is 2.64. The molecule has 2 aromatic carbocycles. The number of carbonyl (C=O) groups excluding carboxylic acids is 1. The van der Waals surface area contributed by atoms with Crippen LogP contribution in [0.15, 0.2) is 54.6 Å². The van der Waals surface area contributed by atoms with Crippen molar-refractivity contribution in [1.82, 2.24) is 0 Å². The number of ether oxygens (including phenoxy) is 1. The molecule has 0 fully saturated rings. The van der Waals surface area contributed by atoms with Crippen LogP contribution in [0, 0.1) is 7.14 Å². The van der Waals surface area contributed by atoms with Gasteiger partial charge < -0.3 is 0 Å². The third-order valence-electron chi connectivity index (χ3n) is 3.09. The van der Waals surface area contributed by atoms with Crippen molar-refractivity contribution >= 4 is 26.2 Å². The summed E-state index contributed by atoms with van der Waals surface area (Å²) in [5.74, 6) is -1.51. The van der Waals surface area contributed by atoms with Crippen LogP contribution in [0.1, 0.15) is 19.8 Å². The molecule has 0 atom stereocenters. The van der Waals surface area contributed by atoms with Crippen molar-refractivity contribution in [2.75, 3.05) is 6.61 Å². The third kappa shape index (κ3) is 5.91. The molecule has 136 valence electrons. The van der Waals surface area contributed by atoms with Crippen molar-refractivity contribution in [3.63, 3.8) is 0 Å². The number of halogens is 4. The number of hydrogen-bond donors (Lipinski definition) is 0. The fourth-order valence-corrected chi connectivity index (χ4v) is 5.80. The molecule has 0 bridgehead atoms. The molecule has 7 heteroatoms. The van der Waals surface area contributed by atoms with Gasteiger partial charge in [0, 0.05) is 0 Å². The van der Waals surface area contributed by atoms with E-state index in [2.05, 4.69) is 6.92 Å². The Bertz CT molecular complexity index is 672.